The van der Waals surface area contributed by atoms with E-state index < -0.39 is 86.2 Å². The molecule has 0 fully saturated rings. The Morgan fingerprint density at radius 1 is 0.579 bits per heavy atom. The van der Waals surface area contributed by atoms with Crippen molar-refractivity contribution in [3.8, 4) is 0 Å². The molecule has 0 amide bonds. The largest absolute Gasteiger partial charge is 1.00 e. The van der Waals surface area contributed by atoms with Gasteiger partial charge < -0.3 is 2.85 Å². The number of nitrogens with one attached hydrogen (secondary N) is 2. The van der Waals surface area contributed by atoms with Gasteiger partial charge in [0.1, 0.15) is 0 Å². The standard InChI is InChI=1S/C18H18N2O12S4.2Na.2H/c21-17-13-3-1-11(35(29,30)19-5-7-33(23,24)25)9-15(13)18(22)14-4-2-12(10-16(14)17)36(31,32)20-6-8-34(26,27)28;;;;/h1-4,9-10,19-20H,5-8H2,(H,23,24,25)(H,26,27,28);;;;/q;2*+1;2*-1. The number of carbonyl (C=O) groups is 2. The van der Waals surface area contributed by atoms with E-state index >= 15 is 0 Å². The summed E-state index contributed by atoms with van der Waals surface area (Å²) >= 11 is 0. The minimum absolute atomic E-state index is 0. The number of benzene rings is 2. The van der Waals surface area contributed by atoms with Crippen molar-refractivity contribution >= 4 is 51.8 Å². The van der Waals surface area contributed by atoms with Crippen LogP contribution >= 0.6 is 0 Å². The van der Waals surface area contributed by atoms with Crippen molar-refractivity contribution in [2.24, 2.45) is 0 Å². The zero-order valence-electron chi connectivity index (χ0n) is 21.9. The molecule has 0 unspecified atom stereocenters. The van der Waals surface area contributed by atoms with E-state index in [2.05, 4.69) is 0 Å². The molecule has 0 atom stereocenters. The molecule has 4 N–H and O–H groups in total. The summed E-state index contributed by atoms with van der Waals surface area (Å²) in [6.45, 7) is -1.30. The fourth-order valence-electron chi connectivity index (χ4n) is 3.22. The average molecular weight is 631 g/mol. The van der Waals surface area contributed by atoms with Gasteiger partial charge >= 0.3 is 59.1 Å². The Kier molecular flexibility index (Phi) is 12.1. The molecule has 0 saturated heterocycles. The van der Waals surface area contributed by atoms with Gasteiger partial charge in [-0.1, -0.05) is 0 Å². The van der Waals surface area contributed by atoms with Gasteiger partial charge in [0.2, 0.25) is 20.0 Å². The molecular weight excluding hydrogens is 610 g/mol. The number of ketones is 2. The molecule has 0 aliphatic heterocycles. The predicted molar refractivity (Wildman–Crippen MR) is 125 cm³/mol. The van der Waals surface area contributed by atoms with Crippen molar-refractivity contribution in [3.63, 3.8) is 0 Å². The Morgan fingerprint density at radius 3 is 1.18 bits per heavy atom. The van der Waals surface area contributed by atoms with Crippen LogP contribution in [0.2, 0.25) is 0 Å². The van der Waals surface area contributed by atoms with Crippen LogP contribution in [0.1, 0.15) is 34.7 Å². The van der Waals surface area contributed by atoms with E-state index in [-0.39, 0.29) is 84.2 Å². The average Bonchev–Trinajstić information content (AvgIpc) is 2.74. The fraction of sp³-hybridized carbons (Fsp3) is 0.222. The maximum Gasteiger partial charge on any atom is 1.00 e. The smallest absolute Gasteiger partial charge is 1.00 e. The molecule has 3 rings (SSSR count). The molecule has 0 aromatic heterocycles. The van der Waals surface area contributed by atoms with Crippen LogP contribution in [-0.4, -0.2) is 78.9 Å². The van der Waals surface area contributed by atoms with Crippen LogP contribution < -0.4 is 68.6 Å². The van der Waals surface area contributed by atoms with E-state index in [0.29, 0.717) is 0 Å². The second-order valence-corrected chi connectivity index (χ2v) is 14.1. The first-order valence-electron chi connectivity index (χ1n) is 9.68. The summed E-state index contributed by atoms with van der Waals surface area (Å²) in [7, 11) is -17.5. The first-order chi connectivity index (χ1) is 16.4. The first kappa shape index (κ1) is 35.4. The molecule has 0 bridgehead atoms. The van der Waals surface area contributed by atoms with Crippen LogP contribution in [-0.2, 0) is 40.3 Å². The predicted octanol–water partition coefficient (Wildman–Crippen LogP) is -6.97. The number of rotatable bonds is 10. The molecule has 38 heavy (non-hydrogen) atoms. The van der Waals surface area contributed by atoms with Gasteiger partial charge in [0.15, 0.2) is 11.6 Å². The summed E-state index contributed by atoms with van der Waals surface area (Å²) in [5, 5.41) is 0. The van der Waals surface area contributed by atoms with Crippen LogP contribution in [0, 0.1) is 0 Å². The Labute approximate surface area is 266 Å². The molecule has 2 aromatic carbocycles. The molecule has 1 aliphatic carbocycles. The SMILES string of the molecule is O=C1c2ccc(S(=O)(=O)NCCS(=O)(=O)O)cc2C(=O)c2ccc(S(=O)(=O)NCCS(=O)(=O)O)cc21.[H-].[H-].[Na+].[Na+]. The fourth-order valence-corrected chi connectivity index (χ4v) is 6.31. The summed E-state index contributed by atoms with van der Waals surface area (Å²) in [6, 6.07) is 5.89. The third kappa shape index (κ3) is 8.71. The number of carbonyl (C=O) groups excluding carboxylic acids is 2. The third-order valence-electron chi connectivity index (χ3n) is 4.89. The van der Waals surface area contributed by atoms with Crippen LogP contribution in [0.3, 0.4) is 0 Å². The van der Waals surface area contributed by atoms with Gasteiger partial charge in [0.25, 0.3) is 20.2 Å². The van der Waals surface area contributed by atoms with Crippen molar-refractivity contribution in [2.75, 3.05) is 24.6 Å². The van der Waals surface area contributed by atoms with Crippen molar-refractivity contribution in [2.45, 2.75) is 9.79 Å². The molecule has 0 spiro atoms. The normalized spacial score (nSPS) is 13.6. The van der Waals surface area contributed by atoms with Crippen LogP contribution in [0.4, 0.5) is 0 Å². The minimum Gasteiger partial charge on any atom is -1.00 e. The quantitative estimate of drug-likeness (QED) is 0.121. The Morgan fingerprint density at radius 2 is 0.895 bits per heavy atom. The van der Waals surface area contributed by atoms with E-state index in [1.807, 2.05) is 9.44 Å². The summed E-state index contributed by atoms with van der Waals surface area (Å²) in [5.41, 5.74) is -0.990. The maximum absolute atomic E-state index is 13.0. The number of fused-ring (bicyclic) bond motifs is 2. The zero-order valence-corrected chi connectivity index (χ0v) is 27.2. The number of sulfonamides is 2. The van der Waals surface area contributed by atoms with Gasteiger partial charge in [-0.2, -0.15) is 16.8 Å². The molecule has 0 saturated carbocycles. The molecule has 0 radical (unpaired) electrons. The van der Waals surface area contributed by atoms with Gasteiger partial charge in [0, 0.05) is 35.3 Å². The van der Waals surface area contributed by atoms with Crippen molar-refractivity contribution < 1.29 is 114 Å². The molecular formula is C18H20N2Na2O12S4. The zero-order chi connectivity index (χ0) is 27.1. The Bertz CT molecular complexity index is 1590. The summed E-state index contributed by atoms with van der Waals surface area (Å²) in [6.07, 6.45) is 0. The molecule has 1 aliphatic rings. The van der Waals surface area contributed by atoms with Gasteiger partial charge in [-0.15, -0.1) is 0 Å². The third-order valence-corrected chi connectivity index (χ3v) is 9.24. The molecule has 200 valence electrons. The molecule has 20 heteroatoms. The summed E-state index contributed by atoms with van der Waals surface area (Å²) < 4.78 is 114. The second kappa shape index (κ2) is 12.9. The van der Waals surface area contributed by atoms with E-state index in [0.717, 1.165) is 36.4 Å². The van der Waals surface area contributed by atoms with Crippen molar-refractivity contribution in [1.29, 1.82) is 0 Å². The molecule has 2 aromatic rings. The van der Waals surface area contributed by atoms with E-state index in [4.69, 9.17) is 9.11 Å². The van der Waals surface area contributed by atoms with E-state index in [1.54, 1.807) is 0 Å². The van der Waals surface area contributed by atoms with Crippen molar-refractivity contribution in [3.05, 3.63) is 58.7 Å². The van der Waals surface area contributed by atoms with Crippen LogP contribution in [0.25, 0.3) is 0 Å². The number of hydrogen-bond donors (Lipinski definition) is 4. The van der Waals surface area contributed by atoms with Gasteiger partial charge in [-0.05, 0) is 36.4 Å². The van der Waals surface area contributed by atoms with Gasteiger partial charge in [-0.3, -0.25) is 18.7 Å². The van der Waals surface area contributed by atoms with Crippen molar-refractivity contribution in [1.82, 2.24) is 9.44 Å². The van der Waals surface area contributed by atoms with Crippen LogP contribution in [0.5, 0.6) is 0 Å². The van der Waals surface area contributed by atoms with E-state index in [1.165, 1.54) is 0 Å². The topological polar surface area (TPSA) is 235 Å². The van der Waals surface area contributed by atoms with Gasteiger partial charge in [-0.25, -0.2) is 26.3 Å². The first-order valence-corrected chi connectivity index (χ1v) is 15.9. The molecule has 0 heterocycles. The summed E-state index contributed by atoms with van der Waals surface area (Å²) in [4.78, 5) is 25.1. The monoisotopic (exact) mass is 630 g/mol. The molecule has 14 nitrogen and oxygen atoms in total. The minimum atomic E-state index is -4.43. The Hall–Kier alpha value is -0.580. The second-order valence-electron chi connectivity index (χ2n) is 7.44. The van der Waals surface area contributed by atoms with E-state index in [9.17, 15) is 43.3 Å². The summed E-state index contributed by atoms with van der Waals surface area (Å²) in [5.74, 6) is -3.34. The Balaban J connectivity index is 0. The van der Waals surface area contributed by atoms with Gasteiger partial charge in [0.05, 0.1) is 21.3 Å². The number of hydrogen-bond acceptors (Lipinski definition) is 10. The van der Waals surface area contributed by atoms with Crippen LogP contribution in [0.15, 0.2) is 46.2 Å². The maximum atomic E-state index is 13.0.